The normalized spacial score (nSPS) is 11.0. The van der Waals surface area contributed by atoms with Crippen molar-refractivity contribution in [2.24, 2.45) is 5.73 Å². The van der Waals surface area contributed by atoms with Crippen molar-refractivity contribution < 1.29 is 0 Å². The second-order valence-electron chi connectivity index (χ2n) is 8.01. The maximum Gasteiger partial charge on any atom is 0.163 e. The molecule has 0 aliphatic rings. The van der Waals surface area contributed by atoms with Gasteiger partial charge in [-0.2, -0.15) is 0 Å². The molecule has 0 aromatic rings. The van der Waals surface area contributed by atoms with Crippen molar-refractivity contribution >= 4 is 17.3 Å². The molecule has 0 unspecified atom stereocenters. The number of nitrogens with one attached hydrogen (secondary N) is 1. The van der Waals surface area contributed by atoms with E-state index in [-0.39, 0.29) is 0 Å². The van der Waals surface area contributed by atoms with Crippen LogP contribution in [0.3, 0.4) is 0 Å². The van der Waals surface area contributed by atoms with Crippen molar-refractivity contribution in [3.63, 3.8) is 0 Å². The first-order valence-electron chi connectivity index (χ1n) is 11.8. The van der Waals surface area contributed by atoms with Gasteiger partial charge in [-0.05, 0) is 18.6 Å². The molecule has 0 aliphatic carbocycles. The molecule has 0 aromatic heterocycles. The van der Waals surface area contributed by atoms with Gasteiger partial charge in [-0.3, -0.25) is 0 Å². The summed E-state index contributed by atoms with van der Waals surface area (Å²) in [4.78, 5) is 0. The minimum absolute atomic E-state index is 0.433. The molecule has 0 saturated heterocycles. The maximum atomic E-state index is 5.40. The number of hydrogen-bond acceptors (Lipinski definition) is 1. The van der Waals surface area contributed by atoms with Crippen LogP contribution in [-0.2, 0) is 0 Å². The van der Waals surface area contributed by atoms with Crippen LogP contribution in [0.25, 0.3) is 0 Å². The van der Waals surface area contributed by atoms with Gasteiger partial charge in [0.05, 0.1) is 0 Å². The molecule has 0 radical (unpaired) electrons. The lowest BCUT2D eigenvalue weighted by Crippen LogP contribution is -2.29. The highest BCUT2D eigenvalue weighted by Crippen LogP contribution is 2.14. The van der Waals surface area contributed by atoms with E-state index < -0.39 is 0 Å². The lowest BCUT2D eigenvalue weighted by atomic mass is 10.0. The van der Waals surface area contributed by atoms with E-state index in [0.29, 0.717) is 5.11 Å². The number of unbranched alkanes of at least 4 members (excludes halogenated alkanes) is 19. The number of hydrogen-bond donors (Lipinski definition) is 2. The third-order valence-corrected chi connectivity index (χ3v) is 5.47. The molecule has 0 heterocycles. The smallest absolute Gasteiger partial charge is 0.163 e. The van der Waals surface area contributed by atoms with Crippen molar-refractivity contribution in [2.75, 3.05) is 6.54 Å². The fraction of sp³-hybridized carbons (Fsp3) is 0.957. The molecule has 26 heavy (non-hydrogen) atoms. The van der Waals surface area contributed by atoms with E-state index in [4.69, 9.17) is 18.0 Å². The van der Waals surface area contributed by atoms with Gasteiger partial charge in [-0.1, -0.05) is 129 Å². The van der Waals surface area contributed by atoms with E-state index in [1.807, 2.05) is 0 Å². The summed E-state index contributed by atoms with van der Waals surface area (Å²) in [6.45, 7) is 3.23. The number of thiocarbonyl (C=S) groups is 1. The lowest BCUT2D eigenvalue weighted by Gasteiger charge is -2.04. The van der Waals surface area contributed by atoms with Crippen LogP contribution in [0.4, 0.5) is 0 Å². The van der Waals surface area contributed by atoms with E-state index in [2.05, 4.69) is 12.2 Å². The first kappa shape index (κ1) is 25.7. The molecule has 0 rings (SSSR count). The SMILES string of the molecule is CCCCCCCCCCCCCCCCCCCCCCNC(N)=S. The molecule has 0 fully saturated rings. The average Bonchev–Trinajstić information content (AvgIpc) is 2.62. The largest absolute Gasteiger partial charge is 0.376 e. The molecule has 0 atom stereocenters. The third-order valence-electron chi connectivity index (χ3n) is 5.33. The van der Waals surface area contributed by atoms with Crippen molar-refractivity contribution in [1.82, 2.24) is 5.32 Å². The minimum Gasteiger partial charge on any atom is -0.376 e. The molecule has 0 amide bonds. The Labute approximate surface area is 170 Å². The molecule has 3 heteroatoms. The van der Waals surface area contributed by atoms with Crippen LogP contribution < -0.4 is 11.1 Å². The summed E-state index contributed by atoms with van der Waals surface area (Å²) in [5.41, 5.74) is 5.40. The van der Waals surface area contributed by atoms with E-state index in [1.54, 1.807) is 0 Å². The van der Waals surface area contributed by atoms with Crippen molar-refractivity contribution in [2.45, 2.75) is 135 Å². The molecule has 0 bridgehead atoms. The quantitative estimate of drug-likeness (QED) is 0.158. The second kappa shape index (κ2) is 22.7. The summed E-state index contributed by atoms with van der Waals surface area (Å²) >= 11 is 4.79. The van der Waals surface area contributed by atoms with Crippen LogP contribution in [0.2, 0.25) is 0 Å². The fourth-order valence-electron chi connectivity index (χ4n) is 3.59. The molecular formula is C23H48N2S. The zero-order chi connectivity index (χ0) is 19.1. The van der Waals surface area contributed by atoms with Crippen LogP contribution in [-0.4, -0.2) is 11.7 Å². The summed E-state index contributed by atoms with van der Waals surface area (Å²) in [6, 6.07) is 0. The Hall–Kier alpha value is -0.310. The molecular weight excluding hydrogens is 336 g/mol. The summed E-state index contributed by atoms with van der Waals surface area (Å²) in [5, 5.41) is 3.45. The van der Waals surface area contributed by atoms with Gasteiger partial charge in [0.15, 0.2) is 5.11 Å². The highest BCUT2D eigenvalue weighted by Gasteiger charge is 1.95. The van der Waals surface area contributed by atoms with Gasteiger partial charge >= 0.3 is 0 Å². The highest BCUT2D eigenvalue weighted by atomic mass is 32.1. The fourth-order valence-corrected chi connectivity index (χ4v) is 3.69. The van der Waals surface area contributed by atoms with Gasteiger partial charge in [0, 0.05) is 6.54 Å². The molecule has 3 N–H and O–H groups in total. The Morgan fingerprint density at radius 3 is 1.08 bits per heavy atom. The van der Waals surface area contributed by atoms with E-state index >= 15 is 0 Å². The Kier molecular flexibility index (Phi) is 22.5. The second-order valence-corrected chi connectivity index (χ2v) is 8.45. The third kappa shape index (κ3) is 23.7. The maximum absolute atomic E-state index is 5.40. The minimum atomic E-state index is 0.433. The van der Waals surface area contributed by atoms with Gasteiger partial charge in [0.25, 0.3) is 0 Å². The standard InChI is InChI=1S/C23H48N2S/c1-2-3-4-5-6-7-8-9-10-11-12-13-14-15-16-17-18-19-20-21-22-25-23(24)26/h2-22H2,1H3,(H3,24,25,26). The zero-order valence-corrected chi connectivity index (χ0v) is 18.7. The molecule has 156 valence electrons. The van der Waals surface area contributed by atoms with Crippen LogP contribution in [0, 0.1) is 0 Å². The van der Waals surface area contributed by atoms with Crippen LogP contribution >= 0.6 is 12.2 Å². The summed E-state index contributed by atoms with van der Waals surface area (Å²) in [6.07, 6.45) is 28.5. The lowest BCUT2D eigenvalue weighted by molar-refractivity contribution is 0.521. The summed E-state index contributed by atoms with van der Waals surface area (Å²) in [5.74, 6) is 0. The van der Waals surface area contributed by atoms with Crippen molar-refractivity contribution in [1.29, 1.82) is 0 Å². The Morgan fingerprint density at radius 2 is 0.808 bits per heavy atom. The van der Waals surface area contributed by atoms with E-state index in [1.165, 1.54) is 128 Å². The summed E-state index contributed by atoms with van der Waals surface area (Å²) in [7, 11) is 0. The topological polar surface area (TPSA) is 38.0 Å². The van der Waals surface area contributed by atoms with E-state index in [9.17, 15) is 0 Å². The Bertz CT molecular complexity index is 281. The van der Waals surface area contributed by atoms with Gasteiger partial charge in [-0.15, -0.1) is 0 Å². The van der Waals surface area contributed by atoms with Crippen molar-refractivity contribution in [3.05, 3.63) is 0 Å². The Balaban J connectivity index is 2.98. The number of nitrogens with two attached hydrogens (primary N) is 1. The monoisotopic (exact) mass is 384 g/mol. The molecule has 0 aliphatic heterocycles. The Morgan fingerprint density at radius 1 is 0.538 bits per heavy atom. The van der Waals surface area contributed by atoms with Gasteiger partial charge in [-0.25, -0.2) is 0 Å². The first-order chi connectivity index (χ1) is 12.8. The van der Waals surface area contributed by atoms with Crippen LogP contribution in [0.15, 0.2) is 0 Å². The highest BCUT2D eigenvalue weighted by molar-refractivity contribution is 7.80. The molecule has 0 spiro atoms. The predicted molar refractivity (Wildman–Crippen MR) is 123 cm³/mol. The molecule has 0 aromatic carbocycles. The average molecular weight is 385 g/mol. The molecule has 2 nitrogen and oxygen atoms in total. The van der Waals surface area contributed by atoms with Crippen LogP contribution in [0.5, 0.6) is 0 Å². The van der Waals surface area contributed by atoms with Gasteiger partial charge in [0.1, 0.15) is 0 Å². The van der Waals surface area contributed by atoms with Crippen LogP contribution in [0.1, 0.15) is 135 Å². The van der Waals surface area contributed by atoms with Crippen molar-refractivity contribution in [3.8, 4) is 0 Å². The van der Waals surface area contributed by atoms with E-state index in [0.717, 1.165) is 6.54 Å². The zero-order valence-electron chi connectivity index (χ0n) is 17.8. The predicted octanol–water partition coefficient (Wildman–Crippen LogP) is 7.64. The van der Waals surface area contributed by atoms with Gasteiger partial charge < -0.3 is 11.1 Å². The first-order valence-corrected chi connectivity index (χ1v) is 12.2. The molecule has 0 saturated carbocycles. The van der Waals surface area contributed by atoms with Gasteiger partial charge in [0.2, 0.25) is 0 Å². The summed E-state index contributed by atoms with van der Waals surface area (Å²) < 4.78 is 0. The number of rotatable bonds is 21.